The largest absolute Gasteiger partial charge is 0.394 e. The maximum absolute atomic E-state index is 15.2. The van der Waals surface area contributed by atoms with Crippen LogP contribution < -0.4 is 0 Å². The Hall–Kier alpha value is -1.51. The Bertz CT molecular complexity index is 2070. The molecule has 24 heteroatoms. The number of Topliss-reactive ketones (excluding diaryl/α,β-unsaturated/α-hetero) is 1. The van der Waals surface area contributed by atoms with Gasteiger partial charge in [-0.3, -0.25) is 4.79 Å². The first-order valence-electron chi connectivity index (χ1n) is 27.9. The summed E-state index contributed by atoms with van der Waals surface area (Å²) in [6.07, 6.45) is -27.7. The van der Waals surface area contributed by atoms with E-state index in [4.69, 9.17) is 37.9 Å². The lowest BCUT2D eigenvalue weighted by molar-refractivity contribution is -0.380. The van der Waals surface area contributed by atoms with Gasteiger partial charge in [0.1, 0.15) is 103 Å². The van der Waals surface area contributed by atoms with Gasteiger partial charge in [-0.05, 0) is 93.3 Å². The number of ketones is 1. The van der Waals surface area contributed by atoms with Gasteiger partial charge in [0.2, 0.25) is 0 Å². The van der Waals surface area contributed by atoms with Crippen molar-refractivity contribution in [1.82, 2.24) is 0 Å². The van der Waals surface area contributed by atoms with Gasteiger partial charge in [-0.25, -0.2) is 0 Å². The number of aliphatic hydroxyl groups excluding tert-OH is 14. The van der Waals surface area contributed by atoms with Crippen molar-refractivity contribution in [3.8, 4) is 0 Å². The molecule has 7 fully saturated rings. The summed E-state index contributed by atoms with van der Waals surface area (Å²) >= 11 is 0. The average molecular weight is 1120 g/mol. The van der Waals surface area contributed by atoms with Crippen LogP contribution in [0.15, 0.2) is 11.6 Å². The topological polar surface area (TPSA) is 394 Å². The van der Waals surface area contributed by atoms with Gasteiger partial charge in [0.25, 0.3) is 0 Å². The quantitative estimate of drug-likeness (QED) is 0.0645. The molecule has 4 aliphatic carbocycles. The molecule has 450 valence electrons. The van der Waals surface area contributed by atoms with Crippen LogP contribution in [0.4, 0.5) is 0 Å². The Balaban J connectivity index is 0.988. The van der Waals surface area contributed by atoms with E-state index in [1.165, 1.54) is 13.8 Å². The third-order valence-electron chi connectivity index (χ3n) is 20.5. The highest BCUT2D eigenvalue weighted by Crippen LogP contribution is 2.74. The van der Waals surface area contributed by atoms with Crippen LogP contribution in [0.2, 0.25) is 0 Å². The van der Waals surface area contributed by atoms with Gasteiger partial charge in [0.15, 0.2) is 25.2 Å². The fourth-order valence-corrected chi connectivity index (χ4v) is 15.3. The van der Waals surface area contributed by atoms with E-state index < -0.39 is 183 Å². The summed E-state index contributed by atoms with van der Waals surface area (Å²) in [7, 11) is 0. The van der Waals surface area contributed by atoms with Gasteiger partial charge in [0.05, 0.1) is 44.2 Å². The summed E-state index contributed by atoms with van der Waals surface area (Å²) in [5, 5.41) is 159. The zero-order valence-electron chi connectivity index (χ0n) is 46.0. The summed E-state index contributed by atoms with van der Waals surface area (Å²) in [4.78, 5) is 15.2. The number of ether oxygens (including phenoxy) is 8. The van der Waals surface area contributed by atoms with E-state index in [1.807, 2.05) is 0 Å². The Morgan fingerprint density at radius 3 is 1.65 bits per heavy atom. The van der Waals surface area contributed by atoms with Crippen molar-refractivity contribution in [1.29, 1.82) is 0 Å². The summed E-state index contributed by atoms with van der Waals surface area (Å²) in [5.74, 6) is 0.111. The second-order valence-electron chi connectivity index (χ2n) is 25.7. The molecule has 4 aliphatic heterocycles. The van der Waals surface area contributed by atoms with E-state index in [0.29, 0.717) is 32.1 Å². The summed E-state index contributed by atoms with van der Waals surface area (Å²) in [6.45, 7) is 13.2. The number of hydrogen-bond donors (Lipinski definition) is 15. The van der Waals surface area contributed by atoms with Gasteiger partial charge in [-0.2, -0.15) is 0 Å². The smallest absolute Gasteiger partial charge is 0.187 e. The molecule has 8 aliphatic rings. The molecule has 24 nitrogen and oxygen atoms in total. The highest BCUT2D eigenvalue weighted by atomic mass is 16.8. The third-order valence-corrected chi connectivity index (χ3v) is 20.5. The molecule has 0 bridgehead atoms. The van der Waals surface area contributed by atoms with Crippen LogP contribution in [0.3, 0.4) is 0 Å². The van der Waals surface area contributed by atoms with E-state index in [2.05, 4.69) is 47.6 Å². The fourth-order valence-electron chi connectivity index (χ4n) is 15.3. The van der Waals surface area contributed by atoms with Crippen molar-refractivity contribution in [3.63, 3.8) is 0 Å². The van der Waals surface area contributed by atoms with E-state index in [1.54, 1.807) is 0 Å². The van der Waals surface area contributed by atoms with Gasteiger partial charge in [0, 0.05) is 17.3 Å². The highest BCUT2D eigenvalue weighted by molar-refractivity contribution is 5.88. The van der Waals surface area contributed by atoms with Crippen LogP contribution in [0.5, 0.6) is 0 Å². The Labute approximate surface area is 454 Å². The zero-order chi connectivity index (χ0) is 57.5. The standard InChI is InChI=1S/C54H90O24/c1-22(23-15-16-52(6)30-12-10-24-25(54(30,8)31(58)17-53(23,52)7)11-14-32(50(24,2)3)76-47-43(68)39(64)35(60)27(19-56)73-47)9-13-33(51(4,5)70)77-49-45(78-48-44(69)40(65)36(61)28(20-57)74-48)41(66)37(62)29(75-49)21-71-46-42(67)38(63)34(59)26(18-55)72-46/h10,22-23,25-30,32-49,55-57,59-70H,9,11-21H2,1-8H3/t22?,23-,25-,26-,27-,28-,29-,30?,32+,33?,34-,35-,36-,37-,38+,39+,40+,41+,42-,43-,44-,45-,46-,47+,48+,49+,52+,53-,54+/m1/s1. The van der Waals surface area contributed by atoms with E-state index in [0.717, 1.165) is 18.4 Å². The number of rotatable bonds is 17. The fraction of sp³-hybridized carbons (Fsp3) is 0.944. The SMILES string of the molecule is CC(CCC(O[C@@H]1O[C@H](CO[C@@H]2O[C@H](CO)[C@@H](O)[C@H](O)[C@H]2O)[C@@H](O)[C@H](O)[C@H]1O[C@@H]1O[C@H](CO)[C@@H](O)[C@H](O)[C@H]1O)C(C)(C)O)[C@H]1CC[C@@]2(C)C3CC=C4[C@@H](CC[C@H](O[C@@H]5O[C@H](CO)[C@@H](O)[C@H](O)[C@H]5O)C4(C)C)[C@]3(C)C(=O)C[C@]12C. The zero-order valence-corrected chi connectivity index (χ0v) is 46.0. The molecule has 8 rings (SSSR count). The van der Waals surface area contributed by atoms with E-state index in [9.17, 15) is 76.6 Å². The lowest BCUT2D eigenvalue weighted by atomic mass is 9.38. The first-order chi connectivity index (χ1) is 36.4. The molecule has 0 aromatic heterocycles. The molecule has 3 saturated carbocycles. The number of fused-ring (bicyclic) bond motifs is 5. The van der Waals surface area contributed by atoms with Crippen LogP contribution >= 0.6 is 0 Å². The lowest BCUT2D eigenvalue weighted by Crippen LogP contribution is -2.65. The predicted molar refractivity (Wildman–Crippen MR) is 267 cm³/mol. The highest BCUT2D eigenvalue weighted by Gasteiger charge is 2.71. The lowest BCUT2D eigenvalue weighted by Gasteiger charge is -2.65. The summed E-state index contributed by atoms with van der Waals surface area (Å²) in [6, 6.07) is 0. The average Bonchev–Trinajstić information content (AvgIpc) is 3.21. The van der Waals surface area contributed by atoms with Gasteiger partial charge in [-0.15, -0.1) is 0 Å². The number of aliphatic hydroxyl groups is 15. The van der Waals surface area contributed by atoms with Crippen molar-refractivity contribution in [2.75, 3.05) is 26.4 Å². The van der Waals surface area contributed by atoms with Crippen LogP contribution in [0.1, 0.15) is 107 Å². The van der Waals surface area contributed by atoms with Crippen LogP contribution in [0, 0.1) is 45.3 Å². The van der Waals surface area contributed by atoms with E-state index in [-0.39, 0.29) is 41.3 Å². The van der Waals surface area contributed by atoms with Crippen molar-refractivity contribution in [3.05, 3.63) is 11.6 Å². The molecular weight excluding hydrogens is 1030 g/mol. The van der Waals surface area contributed by atoms with Crippen LogP contribution in [0.25, 0.3) is 0 Å². The second-order valence-corrected chi connectivity index (χ2v) is 25.7. The predicted octanol–water partition coefficient (Wildman–Crippen LogP) is -3.02. The molecule has 3 unspecified atom stereocenters. The summed E-state index contributed by atoms with van der Waals surface area (Å²) < 4.78 is 47.7. The minimum Gasteiger partial charge on any atom is -0.394 e. The molecule has 0 radical (unpaired) electrons. The number of hydrogen-bond acceptors (Lipinski definition) is 24. The monoisotopic (exact) mass is 1120 g/mol. The minimum atomic E-state index is -1.94. The molecule has 0 amide bonds. The van der Waals surface area contributed by atoms with Crippen molar-refractivity contribution in [2.24, 2.45) is 45.3 Å². The van der Waals surface area contributed by atoms with Gasteiger partial charge >= 0.3 is 0 Å². The third kappa shape index (κ3) is 10.9. The Kier molecular flexibility index (Phi) is 18.8. The molecule has 4 heterocycles. The molecule has 78 heavy (non-hydrogen) atoms. The van der Waals surface area contributed by atoms with E-state index >= 15 is 4.79 Å². The number of carbonyl (C=O) groups is 1. The first kappa shape index (κ1) is 62.5. The van der Waals surface area contributed by atoms with Crippen molar-refractivity contribution >= 4 is 5.78 Å². The van der Waals surface area contributed by atoms with Crippen molar-refractivity contribution < 1.29 is 119 Å². The minimum absolute atomic E-state index is 0.00290. The molecule has 0 aromatic rings. The van der Waals surface area contributed by atoms with Gasteiger partial charge < -0.3 is 114 Å². The van der Waals surface area contributed by atoms with Crippen molar-refractivity contribution in [2.45, 2.75) is 247 Å². The second kappa shape index (κ2) is 23.5. The number of allylic oxidation sites excluding steroid dienone is 1. The maximum Gasteiger partial charge on any atom is 0.187 e. The molecule has 0 aromatic carbocycles. The molecular formula is C54H90O24. The Morgan fingerprint density at radius 2 is 1.12 bits per heavy atom. The van der Waals surface area contributed by atoms with Crippen LogP contribution in [-0.2, 0) is 42.7 Å². The molecule has 0 spiro atoms. The normalized spacial score (nSPS) is 50.5. The first-order valence-corrected chi connectivity index (χ1v) is 27.9. The molecule has 29 atom stereocenters. The molecule has 4 saturated heterocycles. The number of carbonyl (C=O) groups excluding carboxylic acids is 1. The molecule has 15 N–H and O–H groups in total. The van der Waals surface area contributed by atoms with Gasteiger partial charge in [-0.1, -0.05) is 53.2 Å². The Morgan fingerprint density at radius 1 is 0.615 bits per heavy atom. The maximum atomic E-state index is 15.2. The van der Waals surface area contributed by atoms with Crippen LogP contribution in [-0.4, -0.2) is 249 Å². The summed E-state index contributed by atoms with van der Waals surface area (Å²) in [5.41, 5.74) is -2.54.